The average Bonchev–Trinajstić information content (AvgIpc) is 3.29. The number of imidazole rings is 1. The van der Waals surface area contributed by atoms with Crippen LogP contribution in [0.4, 0.5) is 5.69 Å². The van der Waals surface area contributed by atoms with Crippen molar-refractivity contribution in [2.45, 2.75) is 32.7 Å². The Morgan fingerprint density at radius 1 is 0.941 bits per heavy atom. The van der Waals surface area contributed by atoms with Gasteiger partial charge in [0.25, 0.3) is 5.91 Å². The molecule has 0 aliphatic heterocycles. The highest BCUT2D eigenvalue weighted by atomic mass is 16.5. The summed E-state index contributed by atoms with van der Waals surface area (Å²) >= 11 is 0. The number of nitrogens with one attached hydrogen (secondary N) is 3. The van der Waals surface area contributed by atoms with Gasteiger partial charge in [-0.1, -0.05) is 31.2 Å². The lowest BCUT2D eigenvalue weighted by Crippen LogP contribution is -2.22. The van der Waals surface area contributed by atoms with Crippen LogP contribution in [0.2, 0.25) is 0 Å². The first kappa shape index (κ1) is 23.0. The third-order valence-corrected chi connectivity index (χ3v) is 5.61. The van der Waals surface area contributed by atoms with Gasteiger partial charge in [-0.05, 0) is 60.0 Å². The third kappa shape index (κ3) is 5.81. The van der Waals surface area contributed by atoms with Crippen molar-refractivity contribution in [3.63, 3.8) is 0 Å². The van der Waals surface area contributed by atoms with Gasteiger partial charge in [-0.2, -0.15) is 0 Å². The van der Waals surface area contributed by atoms with Gasteiger partial charge >= 0.3 is 0 Å². The minimum absolute atomic E-state index is 0.00353. The van der Waals surface area contributed by atoms with Crippen LogP contribution in [-0.2, 0) is 24.2 Å². The maximum absolute atomic E-state index is 12.6. The number of aryl methyl sites for hydroxylation is 2. The van der Waals surface area contributed by atoms with Gasteiger partial charge in [0.05, 0.1) is 18.1 Å². The average molecular weight is 457 g/mol. The fourth-order valence-electron chi connectivity index (χ4n) is 3.62. The molecule has 3 N–H and O–H groups in total. The monoisotopic (exact) mass is 456 g/mol. The predicted molar refractivity (Wildman–Crippen MR) is 133 cm³/mol. The normalized spacial score (nSPS) is 10.8. The van der Waals surface area contributed by atoms with Gasteiger partial charge in [-0.15, -0.1) is 0 Å². The molecule has 4 aromatic rings. The Balaban J connectivity index is 1.34. The van der Waals surface area contributed by atoms with Crippen LogP contribution in [0.1, 0.15) is 40.7 Å². The molecular weight excluding hydrogens is 428 g/mol. The quantitative estimate of drug-likeness (QED) is 0.342. The van der Waals surface area contributed by atoms with Crippen LogP contribution in [0.15, 0.2) is 66.7 Å². The van der Waals surface area contributed by atoms with Gasteiger partial charge in [0.2, 0.25) is 5.91 Å². The number of aromatic nitrogens is 2. The number of hydrogen-bond donors (Lipinski definition) is 3. The molecule has 0 saturated heterocycles. The molecule has 0 saturated carbocycles. The lowest BCUT2D eigenvalue weighted by Gasteiger charge is -2.06. The summed E-state index contributed by atoms with van der Waals surface area (Å²) in [6.45, 7) is 2.27. The van der Waals surface area contributed by atoms with Crippen molar-refractivity contribution in [3.05, 3.63) is 89.2 Å². The first-order valence-electron chi connectivity index (χ1n) is 11.3. The highest BCUT2D eigenvalue weighted by Crippen LogP contribution is 2.17. The van der Waals surface area contributed by atoms with Crippen molar-refractivity contribution in [1.29, 1.82) is 0 Å². The van der Waals surface area contributed by atoms with E-state index in [-0.39, 0.29) is 11.8 Å². The van der Waals surface area contributed by atoms with E-state index in [0.717, 1.165) is 52.3 Å². The molecule has 4 rings (SSSR count). The molecular formula is C27H28N4O3. The van der Waals surface area contributed by atoms with E-state index in [0.29, 0.717) is 18.5 Å². The highest BCUT2D eigenvalue weighted by molar-refractivity contribution is 5.97. The summed E-state index contributed by atoms with van der Waals surface area (Å²) in [5.74, 6) is 1.52. The predicted octanol–water partition coefficient (Wildman–Crippen LogP) is 4.64. The second-order valence-corrected chi connectivity index (χ2v) is 8.04. The molecule has 34 heavy (non-hydrogen) atoms. The van der Waals surface area contributed by atoms with Crippen LogP contribution >= 0.6 is 0 Å². The van der Waals surface area contributed by atoms with Gasteiger partial charge in [-0.25, -0.2) is 4.98 Å². The summed E-state index contributed by atoms with van der Waals surface area (Å²) in [5.41, 5.74) is 5.22. The number of rotatable bonds is 9. The number of nitrogens with zero attached hydrogens (tertiary/aromatic N) is 1. The van der Waals surface area contributed by atoms with Crippen LogP contribution in [-0.4, -0.2) is 28.9 Å². The summed E-state index contributed by atoms with van der Waals surface area (Å²) < 4.78 is 5.16. The van der Waals surface area contributed by atoms with Gasteiger partial charge in [0.1, 0.15) is 11.6 Å². The number of aromatic amines is 1. The number of methoxy groups -OCH3 is 1. The topological polar surface area (TPSA) is 96.1 Å². The first-order chi connectivity index (χ1) is 16.5. The summed E-state index contributed by atoms with van der Waals surface area (Å²) in [4.78, 5) is 32.1. The SMILES string of the molecule is CCC(=O)Nc1ccc(CCc2nc3ccc(C(=O)NCc4ccc(OC)cc4)cc3[nH]2)cc1. The minimum Gasteiger partial charge on any atom is -0.497 e. The molecule has 0 bridgehead atoms. The lowest BCUT2D eigenvalue weighted by molar-refractivity contribution is -0.115. The van der Waals surface area contributed by atoms with E-state index in [2.05, 4.69) is 20.6 Å². The Morgan fingerprint density at radius 2 is 1.68 bits per heavy atom. The van der Waals surface area contributed by atoms with Gasteiger partial charge in [-0.3, -0.25) is 9.59 Å². The standard InChI is InChI=1S/C27H28N4O3/c1-3-26(32)29-21-10-4-18(5-11-21)8-15-25-30-23-14-9-20(16-24(23)31-25)27(33)28-17-19-6-12-22(34-2)13-7-19/h4-7,9-14,16H,3,8,15,17H2,1-2H3,(H,28,33)(H,29,32)(H,30,31). The molecule has 3 aromatic carbocycles. The summed E-state index contributed by atoms with van der Waals surface area (Å²) in [7, 11) is 1.63. The maximum atomic E-state index is 12.6. The number of ether oxygens (including phenoxy) is 1. The number of hydrogen-bond acceptors (Lipinski definition) is 4. The molecule has 0 atom stereocenters. The van der Waals surface area contributed by atoms with Crippen molar-refractivity contribution in [2.24, 2.45) is 0 Å². The molecule has 0 aliphatic carbocycles. The van der Waals surface area contributed by atoms with E-state index in [4.69, 9.17) is 4.74 Å². The van der Waals surface area contributed by atoms with Gasteiger partial charge in [0, 0.05) is 30.6 Å². The van der Waals surface area contributed by atoms with Crippen LogP contribution in [0, 0.1) is 0 Å². The number of fused-ring (bicyclic) bond motifs is 1. The molecule has 0 spiro atoms. The van der Waals surface area contributed by atoms with E-state index in [1.807, 2.05) is 67.6 Å². The van der Waals surface area contributed by atoms with Crippen LogP contribution in [0.3, 0.4) is 0 Å². The molecule has 7 nitrogen and oxygen atoms in total. The summed E-state index contributed by atoms with van der Waals surface area (Å²) in [6.07, 6.45) is 2.02. The molecule has 2 amide bonds. The molecule has 0 radical (unpaired) electrons. The Kier molecular flexibility index (Phi) is 7.22. The van der Waals surface area contributed by atoms with Crippen molar-refractivity contribution >= 4 is 28.5 Å². The van der Waals surface area contributed by atoms with Crippen LogP contribution in [0.25, 0.3) is 11.0 Å². The fourth-order valence-corrected chi connectivity index (χ4v) is 3.62. The van der Waals surface area contributed by atoms with E-state index in [1.165, 1.54) is 0 Å². The summed E-state index contributed by atoms with van der Waals surface area (Å²) in [6, 6.07) is 20.9. The Morgan fingerprint density at radius 3 is 2.38 bits per heavy atom. The number of carbonyl (C=O) groups excluding carboxylic acids is 2. The smallest absolute Gasteiger partial charge is 0.251 e. The van der Waals surface area contributed by atoms with Crippen LogP contribution < -0.4 is 15.4 Å². The van der Waals surface area contributed by atoms with E-state index >= 15 is 0 Å². The molecule has 0 unspecified atom stereocenters. The van der Waals surface area contributed by atoms with E-state index < -0.39 is 0 Å². The second kappa shape index (κ2) is 10.7. The molecule has 1 aromatic heterocycles. The van der Waals surface area contributed by atoms with Crippen LogP contribution in [0.5, 0.6) is 5.75 Å². The van der Waals surface area contributed by atoms with Gasteiger partial charge < -0.3 is 20.4 Å². The Bertz CT molecular complexity index is 1280. The number of benzene rings is 3. The van der Waals surface area contributed by atoms with Crippen molar-refractivity contribution in [1.82, 2.24) is 15.3 Å². The summed E-state index contributed by atoms with van der Waals surface area (Å²) in [5, 5.41) is 5.80. The van der Waals surface area contributed by atoms with Gasteiger partial charge in [0.15, 0.2) is 0 Å². The van der Waals surface area contributed by atoms with Crippen molar-refractivity contribution in [2.75, 3.05) is 12.4 Å². The number of amides is 2. The van der Waals surface area contributed by atoms with E-state index in [9.17, 15) is 9.59 Å². The second-order valence-electron chi connectivity index (χ2n) is 8.04. The highest BCUT2D eigenvalue weighted by Gasteiger charge is 2.10. The minimum atomic E-state index is -0.135. The molecule has 7 heteroatoms. The number of anilines is 1. The number of carbonyl (C=O) groups is 2. The number of H-pyrrole nitrogens is 1. The molecule has 0 fully saturated rings. The zero-order chi connectivity index (χ0) is 23.9. The first-order valence-corrected chi connectivity index (χ1v) is 11.3. The zero-order valence-electron chi connectivity index (χ0n) is 19.4. The fraction of sp³-hybridized carbons (Fsp3) is 0.222. The molecule has 174 valence electrons. The van der Waals surface area contributed by atoms with E-state index in [1.54, 1.807) is 13.2 Å². The zero-order valence-corrected chi connectivity index (χ0v) is 19.4. The molecule has 1 heterocycles. The Hall–Kier alpha value is -4.13. The largest absolute Gasteiger partial charge is 0.497 e. The van der Waals surface area contributed by atoms with Crippen molar-refractivity contribution in [3.8, 4) is 5.75 Å². The third-order valence-electron chi connectivity index (χ3n) is 5.61. The maximum Gasteiger partial charge on any atom is 0.251 e. The Labute approximate surface area is 198 Å². The lowest BCUT2D eigenvalue weighted by atomic mass is 10.1. The van der Waals surface area contributed by atoms with Crippen molar-refractivity contribution < 1.29 is 14.3 Å². The molecule has 0 aliphatic rings.